The van der Waals surface area contributed by atoms with E-state index in [4.69, 9.17) is 4.74 Å². The van der Waals surface area contributed by atoms with Crippen LogP contribution in [0.4, 0.5) is 0 Å². The lowest BCUT2D eigenvalue weighted by Crippen LogP contribution is -2.46. The molecule has 216 valence electrons. The van der Waals surface area contributed by atoms with E-state index in [1.54, 1.807) is 6.08 Å². The van der Waals surface area contributed by atoms with Crippen LogP contribution < -0.4 is 0 Å². The summed E-state index contributed by atoms with van der Waals surface area (Å²) in [5, 5.41) is 0. The maximum absolute atomic E-state index is 14.6. The van der Waals surface area contributed by atoms with Gasteiger partial charge in [0.25, 0.3) is 0 Å². The van der Waals surface area contributed by atoms with Crippen molar-refractivity contribution >= 4 is 11.9 Å². The summed E-state index contributed by atoms with van der Waals surface area (Å²) in [7, 11) is 0. The van der Waals surface area contributed by atoms with Crippen LogP contribution in [0.15, 0.2) is 126 Å². The van der Waals surface area contributed by atoms with Gasteiger partial charge in [0.2, 0.25) is 6.08 Å². The molecular formula is C37H40N2O3. The van der Waals surface area contributed by atoms with Crippen LogP contribution in [0.3, 0.4) is 0 Å². The Morgan fingerprint density at radius 3 is 1.64 bits per heavy atom. The first kappa shape index (κ1) is 30.8. The molecular weight excluding hydrogens is 520 g/mol. The fourth-order valence-electron chi connectivity index (χ4n) is 5.38. The van der Waals surface area contributed by atoms with Crippen LogP contribution in [0.25, 0.3) is 0 Å². The van der Waals surface area contributed by atoms with Crippen molar-refractivity contribution in [1.29, 1.82) is 0 Å². The predicted molar refractivity (Wildman–Crippen MR) is 168 cm³/mol. The van der Waals surface area contributed by atoms with Gasteiger partial charge < -0.3 is 4.74 Å². The van der Waals surface area contributed by atoms with Crippen molar-refractivity contribution in [3.05, 3.63) is 144 Å². The Labute approximate surface area is 249 Å². The van der Waals surface area contributed by atoms with Crippen LogP contribution >= 0.6 is 0 Å². The van der Waals surface area contributed by atoms with Gasteiger partial charge in [0.05, 0.1) is 17.7 Å². The molecule has 0 aliphatic carbocycles. The van der Waals surface area contributed by atoms with Crippen molar-refractivity contribution in [1.82, 2.24) is 4.90 Å². The average Bonchev–Trinajstić information content (AvgIpc) is 2.98. The minimum Gasteiger partial charge on any atom is -0.372 e. The fraction of sp³-hybridized carbons (Fsp3) is 0.297. The number of Topliss-reactive ketones (excluding diaryl/α,β-unsaturated/α-hetero) is 1. The number of carbonyl (C=O) groups excluding carboxylic acids is 2. The van der Waals surface area contributed by atoms with Crippen LogP contribution in [0.2, 0.25) is 0 Å². The zero-order valence-corrected chi connectivity index (χ0v) is 24.7. The number of ketones is 1. The number of rotatable bonds is 14. The third-order valence-corrected chi connectivity index (χ3v) is 7.07. The van der Waals surface area contributed by atoms with E-state index >= 15 is 0 Å². The van der Waals surface area contributed by atoms with Crippen molar-refractivity contribution in [2.24, 2.45) is 4.99 Å². The summed E-state index contributed by atoms with van der Waals surface area (Å²) in [4.78, 5) is 32.9. The Balaban J connectivity index is 1.77. The van der Waals surface area contributed by atoms with E-state index in [2.05, 4.69) is 46.3 Å². The third kappa shape index (κ3) is 9.46. The van der Waals surface area contributed by atoms with Gasteiger partial charge in [-0.2, -0.15) is 4.99 Å². The molecule has 0 heterocycles. The van der Waals surface area contributed by atoms with Gasteiger partial charge in [-0.1, -0.05) is 121 Å². The molecule has 0 spiro atoms. The topological polar surface area (TPSA) is 59.0 Å². The van der Waals surface area contributed by atoms with Crippen molar-refractivity contribution in [2.45, 2.75) is 70.5 Å². The molecule has 5 nitrogen and oxygen atoms in total. The lowest BCUT2D eigenvalue weighted by molar-refractivity contribution is -0.132. The molecule has 4 aromatic rings. The quantitative estimate of drug-likeness (QED) is 0.118. The standard InChI is InChI=1S/C37H40N2O3/c1-37(2,3)42-33(24-29-16-8-4-9-17-29)25-34(41)36(35(38-28-40)32-22-14-7-15-23-32)39(26-30-18-10-5-11-19-30)27-31-20-12-6-13-21-31/h4-23,33,35-36H,24-27H2,1-3H3/t33-,35?,36+/m0/s1. The molecule has 0 amide bonds. The molecule has 0 fully saturated rings. The zero-order valence-electron chi connectivity index (χ0n) is 24.7. The van der Waals surface area contributed by atoms with Crippen LogP contribution in [0, 0.1) is 0 Å². The summed E-state index contributed by atoms with van der Waals surface area (Å²) >= 11 is 0. The molecule has 4 aromatic carbocycles. The highest BCUT2D eigenvalue weighted by Gasteiger charge is 2.37. The lowest BCUT2D eigenvalue weighted by Gasteiger charge is -2.36. The van der Waals surface area contributed by atoms with Crippen molar-refractivity contribution in [2.75, 3.05) is 0 Å². The highest BCUT2D eigenvalue weighted by Crippen LogP contribution is 2.31. The third-order valence-electron chi connectivity index (χ3n) is 7.07. The number of aliphatic imine (C=N–C) groups is 1. The van der Waals surface area contributed by atoms with Gasteiger partial charge in [0.15, 0.2) is 5.78 Å². The van der Waals surface area contributed by atoms with E-state index in [-0.39, 0.29) is 18.3 Å². The van der Waals surface area contributed by atoms with Crippen molar-refractivity contribution in [3.8, 4) is 0 Å². The van der Waals surface area contributed by atoms with Crippen molar-refractivity contribution in [3.63, 3.8) is 0 Å². The Kier molecular flexibility index (Phi) is 11.1. The lowest BCUT2D eigenvalue weighted by atomic mass is 9.90. The zero-order chi connectivity index (χ0) is 29.8. The van der Waals surface area contributed by atoms with Crippen LogP contribution in [0.1, 0.15) is 55.5 Å². The molecule has 0 saturated carbocycles. The molecule has 42 heavy (non-hydrogen) atoms. The molecule has 0 radical (unpaired) electrons. The number of hydrogen-bond acceptors (Lipinski definition) is 5. The number of carbonyl (C=O) groups is 1. The number of nitrogens with zero attached hydrogens (tertiary/aromatic N) is 2. The van der Waals surface area contributed by atoms with Gasteiger partial charge in [0.1, 0.15) is 6.04 Å². The number of isocyanates is 1. The van der Waals surface area contributed by atoms with E-state index < -0.39 is 17.7 Å². The summed E-state index contributed by atoms with van der Waals surface area (Å²) in [6, 6.07) is 38.4. The smallest absolute Gasteiger partial charge is 0.235 e. The number of hydrogen-bond donors (Lipinski definition) is 0. The van der Waals surface area contributed by atoms with E-state index in [1.165, 1.54) is 0 Å². The second kappa shape index (κ2) is 15.2. The Morgan fingerprint density at radius 2 is 1.19 bits per heavy atom. The molecule has 4 rings (SSSR count). The molecule has 3 atom stereocenters. The number of benzene rings is 4. The summed E-state index contributed by atoms with van der Waals surface area (Å²) in [6.07, 6.45) is 2.20. The largest absolute Gasteiger partial charge is 0.372 e. The van der Waals surface area contributed by atoms with Gasteiger partial charge in [-0.15, -0.1) is 0 Å². The van der Waals surface area contributed by atoms with E-state index in [0.29, 0.717) is 19.5 Å². The second-order valence-corrected chi connectivity index (χ2v) is 11.6. The van der Waals surface area contributed by atoms with Crippen LogP contribution in [-0.4, -0.2) is 34.5 Å². The van der Waals surface area contributed by atoms with E-state index in [9.17, 15) is 9.59 Å². The maximum Gasteiger partial charge on any atom is 0.235 e. The first-order chi connectivity index (χ1) is 20.3. The molecule has 0 aromatic heterocycles. The Morgan fingerprint density at radius 1 is 0.738 bits per heavy atom. The van der Waals surface area contributed by atoms with Gasteiger partial charge >= 0.3 is 0 Å². The maximum atomic E-state index is 14.6. The first-order valence-electron chi connectivity index (χ1n) is 14.5. The molecule has 5 heteroatoms. The Bertz CT molecular complexity index is 1370. The molecule has 0 aliphatic heterocycles. The second-order valence-electron chi connectivity index (χ2n) is 11.6. The van der Waals surface area contributed by atoms with E-state index in [1.807, 2.05) is 106 Å². The minimum absolute atomic E-state index is 0.0279. The summed E-state index contributed by atoms with van der Waals surface area (Å²) in [6.45, 7) is 7.04. The van der Waals surface area contributed by atoms with Crippen LogP contribution in [-0.2, 0) is 33.8 Å². The summed E-state index contributed by atoms with van der Waals surface area (Å²) in [5.41, 5.74) is 3.59. The fourth-order valence-corrected chi connectivity index (χ4v) is 5.38. The molecule has 0 aliphatic rings. The van der Waals surface area contributed by atoms with Gasteiger partial charge in [-0.25, -0.2) is 4.79 Å². The first-order valence-corrected chi connectivity index (χ1v) is 14.5. The summed E-state index contributed by atoms with van der Waals surface area (Å²) in [5.74, 6) is -0.0279. The van der Waals surface area contributed by atoms with Gasteiger partial charge in [-0.05, 0) is 49.4 Å². The molecule has 0 saturated heterocycles. The van der Waals surface area contributed by atoms with Crippen LogP contribution in [0.5, 0.6) is 0 Å². The monoisotopic (exact) mass is 560 g/mol. The Hall–Kier alpha value is -4.15. The van der Waals surface area contributed by atoms with E-state index in [0.717, 1.165) is 22.3 Å². The molecule has 0 N–H and O–H groups in total. The van der Waals surface area contributed by atoms with Gasteiger partial charge in [0, 0.05) is 19.5 Å². The highest BCUT2D eigenvalue weighted by atomic mass is 16.5. The molecule has 1 unspecified atom stereocenters. The van der Waals surface area contributed by atoms with Crippen molar-refractivity contribution < 1.29 is 14.3 Å². The number of ether oxygens (including phenoxy) is 1. The minimum atomic E-state index is -0.726. The SMILES string of the molecule is CC(C)(C)O[C@H](CC(=O)[C@H](C(N=C=O)c1ccccc1)N(Cc1ccccc1)Cc1ccccc1)Cc1ccccc1. The average molecular weight is 561 g/mol. The van der Waals surface area contributed by atoms with Gasteiger partial charge in [-0.3, -0.25) is 9.69 Å². The summed E-state index contributed by atoms with van der Waals surface area (Å²) < 4.78 is 6.48. The predicted octanol–water partition coefficient (Wildman–Crippen LogP) is 7.52. The molecule has 0 bridgehead atoms. The highest BCUT2D eigenvalue weighted by molar-refractivity contribution is 5.85. The normalized spacial score (nSPS) is 13.6.